The average molecular weight is 368 g/mol. The highest BCUT2D eigenvalue weighted by Gasteiger charge is 2.31. The van der Waals surface area contributed by atoms with Gasteiger partial charge in [0.25, 0.3) is 0 Å². The minimum atomic E-state index is -0.217. The van der Waals surface area contributed by atoms with Gasteiger partial charge in [0.1, 0.15) is 47.1 Å². The summed E-state index contributed by atoms with van der Waals surface area (Å²) in [5.74, 6) is -0.217. The molecule has 0 saturated heterocycles. The van der Waals surface area contributed by atoms with Gasteiger partial charge in [-0.15, -0.1) is 10.9 Å². The Labute approximate surface area is 161 Å². The van der Waals surface area contributed by atoms with Crippen LogP contribution < -0.4 is 32.8 Å². The zero-order valence-corrected chi connectivity index (χ0v) is 14.6. The third kappa shape index (κ3) is 2.07. The largest absolute Gasteiger partial charge is 0.289 e. The zero-order chi connectivity index (χ0) is 18.2. The second-order valence-electron chi connectivity index (χ2n) is 6.00. The van der Waals surface area contributed by atoms with E-state index >= 15 is 0 Å². The summed E-state index contributed by atoms with van der Waals surface area (Å²) < 4.78 is 0.779. The van der Waals surface area contributed by atoms with E-state index in [2.05, 4.69) is 15.9 Å². The van der Waals surface area contributed by atoms with Gasteiger partial charge in [0, 0.05) is 15.6 Å². The molecular formula is C17H3B6BrO. The molecule has 0 aliphatic heterocycles. The van der Waals surface area contributed by atoms with Crippen molar-refractivity contribution in [3.05, 3.63) is 33.8 Å². The van der Waals surface area contributed by atoms with Gasteiger partial charge in [0.2, 0.25) is 0 Å². The molecule has 0 spiro atoms. The monoisotopic (exact) mass is 368 g/mol. The second kappa shape index (κ2) is 5.48. The highest BCUT2D eigenvalue weighted by atomic mass is 79.9. The summed E-state index contributed by atoms with van der Waals surface area (Å²) in [4.78, 5) is 12.9. The molecule has 0 unspecified atom stereocenters. The van der Waals surface area contributed by atoms with Crippen LogP contribution in [-0.4, -0.2) is 52.9 Å². The summed E-state index contributed by atoms with van der Waals surface area (Å²) in [5, 5.41) is 0.782. The first-order valence-corrected chi connectivity index (χ1v) is 8.16. The van der Waals surface area contributed by atoms with Gasteiger partial charge in [-0.25, -0.2) is 0 Å². The van der Waals surface area contributed by atoms with Gasteiger partial charge in [0.05, 0.1) is 0 Å². The molecule has 3 aromatic rings. The fraction of sp³-hybridized carbons (Fsp3) is 0. The van der Waals surface area contributed by atoms with Crippen molar-refractivity contribution in [2.75, 3.05) is 0 Å². The summed E-state index contributed by atoms with van der Waals surface area (Å²) in [6.07, 6.45) is 0. The van der Waals surface area contributed by atoms with E-state index in [1.165, 1.54) is 0 Å². The molecule has 0 heterocycles. The number of rotatable bonds is 0. The number of halogens is 1. The Kier molecular flexibility index (Phi) is 3.70. The van der Waals surface area contributed by atoms with Crippen molar-refractivity contribution in [3.8, 4) is 11.1 Å². The van der Waals surface area contributed by atoms with Crippen molar-refractivity contribution in [2.45, 2.75) is 0 Å². The van der Waals surface area contributed by atoms with E-state index in [0.717, 1.165) is 4.47 Å². The second-order valence-corrected chi connectivity index (χ2v) is 6.92. The van der Waals surface area contributed by atoms with E-state index in [1.807, 2.05) is 12.1 Å². The molecule has 1 aliphatic carbocycles. The van der Waals surface area contributed by atoms with Crippen LogP contribution in [-0.2, 0) is 0 Å². The Morgan fingerprint density at radius 1 is 0.640 bits per heavy atom. The van der Waals surface area contributed by atoms with Crippen molar-refractivity contribution in [2.24, 2.45) is 0 Å². The minimum Gasteiger partial charge on any atom is -0.289 e. The lowest BCUT2D eigenvalue weighted by Crippen LogP contribution is -2.50. The lowest BCUT2D eigenvalue weighted by atomic mass is 9.60. The summed E-state index contributed by atoms with van der Waals surface area (Å²) in [6, 6.07) is 5.37. The van der Waals surface area contributed by atoms with Crippen LogP contribution in [0.3, 0.4) is 0 Å². The van der Waals surface area contributed by atoms with Crippen LogP contribution in [0.5, 0.6) is 0 Å². The molecule has 4 rings (SSSR count). The van der Waals surface area contributed by atoms with Gasteiger partial charge in [-0.1, -0.05) is 43.8 Å². The Hall–Kier alpha value is -1.54. The van der Waals surface area contributed by atoms with Gasteiger partial charge in [-0.2, -0.15) is 0 Å². The number of benzene rings is 3. The number of carbonyl (C=O) groups is 1. The van der Waals surface area contributed by atoms with E-state index in [-0.39, 0.29) is 33.1 Å². The maximum Gasteiger partial charge on any atom is 0.193 e. The fourth-order valence-corrected chi connectivity index (χ4v) is 3.84. The van der Waals surface area contributed by atoms with E-state index in [1.54, 1.807) is 6.07 Å². The number of hydrogen-bond donors (Lipinski definition) is 0. The SMILES string of the molecule is [B]c1c([B])c([B])c2c([B])c3c(c([B])c2c1[B])C(=O)c1cc(Br)ccc1-3. The zero-order valence-electron chi connectivity index (χ0n) is 13.0. The smallest absolute Gasteiger partial charge is 0.193 e. The van der Waals surface area contributed by atoms with Gasteiger partial charge in [-0.3, -0.25) is 4.79 Å². The number of fused-ring (bicyclic) bond motifs is 4. The van der Waals surface area contributed by atoms with Crippen molar-refractivity contribution >= 4 is 112 Å². The predicted octanol–water partition coefficient (Wildman–Crippen LogP) is -2.42. The Morgan fingerprint density at radius 2 is 1.16 bits per heavy atom. The molecule has 0 saturated carbocycles. The lowest BCUT2D eigenvalue weighted by Gasteiger charge is -2.23. The molecule has 0 N–H and O–H groups in total. The predicted molar refractivity (Wildman–Crippen MR) is 113 cm³/mol. The maximum absolute atomic E-state index is 12.9. The van der Waals surface area contributed by atoms with Gasteiger partial charge < -0.3 is 0 Å². The normalized spacial score (nSPS) is 12.4. The summed E-state index contributed by atoms with van der Waals surface area (Å²) >= 11 is 3.37. The van der Waals surface area contributed by atoms with E-state index in [9.17, 15) is 4.79 Å². The molecule has 0 bridgehead atoms. The first-order chi connectivity index (χ1) is 11.8. The molecule has 1 aliphatic rings. The standard InChI is InChI=1S/C17H3B6BrO/c18-11-7-5-2-1-4(24)3-6(5)17(25)10(7)12(19)9-8(11)13(20)15(22)16(23)14(9)21/h1-3H. The Balaban J connectivity index is 2.28. The fourth-order valence-electron chi connectivity index (χ4n) is 3.48. The highest BCUT2D eigenvalue weighted by molar-refractivity contribution is 9.10. The van der Waals surface area contributed by atoms with Crippen LogP contribution in [0.4, 0.5) is 0 Å². The summed E-state index contributed by atoms with van der Waals surface area (Å²) in [5.41, 5.74) is 3.22. The topological polar surface area (TPSA) is 17.1 Å². The summed E-state index contributed by atoms with van der Waals surface area (Å²) in [6.45, 7) is 0. The molecular weight excluding hydrogens is 365 g/mol. The molecule has 0 atom stereocenters. The van der Waals surface area contributed by atoms with Crippen molar-refractivity contribution in [1.29, 1.82) is 0 Å². The molecule has 1 nitrogen and oxygen atoms in total. The summed E-state index contributed by atoms with van der Waals surface area (Å²) in [7, 11) is 36.9. The van der Waals surface area contributed by atoms with Crippen LogP contribution in [0, 0.1) is 0 Å². The van der Waals surface area contributed by atoms with Crippen LogP contribution in [0.25, 0.3) is 21.9 Å². The first-order valence-electron chi connectivity index (χ1n) is 7.36. The van der Waals surface area contributed by atoms with Crippen molar-refractivity contribution in [3.63, 3.8) is 0 Å². The first kappa shape index (κ1) is 16.9. The van der Waals surface area contributed by atoms with Crippen LogP contribution in [0.1, 0.15) is 15.9 Å². The Bertz CT molecular complexity index is 1140. The van der Waals surface area contributed by atoms with Crippen molar-refractivity contribution in [1.82, 2.24) is 0 Å². The van der Waals surface area contributed by atoms with Gasteiger partial charge in [-0.05, 0) is 34.0 Å². The lowest BCUT2D eigenvalue weighted by molar-refractivity contribution is 0.104. The number of carbonyl (C=O) groups excluding carboxylic acids is 1. The molecule has 0 amide bonds. The van der Waals surface area contributed by atoms with Crippen LogP contribution in [0.15, 0.2) is 22.7 Å². The Morgan fingerprint density at radius 3 is 1.72 bits per heavy atom. The van der Waals surface area contributed by atoms with Crippen LogP contribution in [0.2, 0.25) is 0 Å². The van der Waals surface area contributed by atoms with Crippen molar-refractivity contribution < 1.29 is 4.79 Å². The molecule has 3 aromatic carbocycles. The van der Waals surface area contributed by atoms with Crippen LogP contribution >= 0.6 is 15.9 Å². The third-order valence-electron chi connectivity index (χ3n) is 4.71. The molecule has 102 valence electrons. The van der Waals surface area contributed by atoms with E-state index in [0.29, 0.717) is 38.5 Å². The molecule has 12 radical (unpaired) electrons. The van der Waals surface area contributed by atoms with E-state index < -0.39 is 0 Å². The quantitative estimate of drug-likeness (QED) is 0.316. The third-order valence-corrected chi connectivity index (χ3v) is 5.20. The minimum absolute atomic E-state index is 0.127. The van der Waals surface area contributed by atoms with E-state index in [4.69, 9.17) is 47.1 Å². The molecule has 0 fully saturated rings. The molecule has 0 aromatic heterocycles. The molecule has 8 heteroatoms. The number of hydrogen-bond acceptors (Lipinski definition) is 1. The average Bonchev–Trinajstić information content (AvgIpc) is 2.87. The maximum atomic E-state index is 12.9. The van der Waals surface area contributed by atoms with Gasteiger partial charge >= 0.3 is 0 Å². The highest BCUT2D eigenvalue weighted by Crippen LogP contribution is 2.36. The number of ketones is 1. The van der Waals surface area contributed by atoms with Gasteiger partial charge in [0.15, 0.2) is 5.78 Å². The molecule has 25 heavy (non-hydrogen) atoms.